The number of aromatic nitrogens is 5. The molecule has 5 aromatic carbocycles. The maximum absolute atomic E-state index is 4.85. The normalized spacial score (nSPS) is 12.2. The number of imidazole rings is 1. The second kappa shape index (κ2) is 8.30. The number of rotatable bonds is 2. The summed E-state index contributed by atoms with van der Waals surface area (Å²) in [6.45, 7) is 0. The van der Waals surface area contributed by atoms with E-state index in [-0.39, 0.29) is 0 Å². The molecule has 5 heteroatoms. The van der Waals surface area contributed by atoms with Gasteiger partial charge in [-0.15, -0.1) is 0 Å². The van der Waals surface area contributed by atoms with Crippen LogP contribution in [-0.2, 0) is 0 Å². The first kappa shape index (κ1) is 22.7. The van der Waals surface area contributed by atoms with Crippen molar-refractivity contribution in [2.45, 2.75) is 0 Å². The van der Waals surface area contributed by atoms with Gasteiger partial charge in [0.2, 0.25) is 0 Å². The third kappa shape index (κ3) is 2.85. The van der Waals surface area contributed by atoms with E-state index in [9.17, 15) is 0 Å². The molecule has 0 atom stereocenters. The van der Waals surface area contributed by atoms with Crippen LogP contribution in [0.2, 0.25) is 0 Å². The third-order valence-electron chi connectivity index (χ3n) is 8.94. The Labute approximate surface area is 245 Å². The minimum absolute atomic E-state index is 0.916. The van der Waals surface area contributed by atoms with Crippen molar-refractivity contribution in [1.82, 2.24) is 23.5 Å². The van der Waals surface area contributed by atoms with Crippen LogP contribution >= 0.6 is 0 Å². The largest absolute Gasteiger partial charge is 0.307 e. The molecule has 0 saturated heterocycles. The van der Waals surface area contributed by atoms with Gasteiger partial charge in [0.1, 0.15) is 5.65 Å². The smallest absolute Gasteiger partial charge is 0.146 e. The van der Waals surface area contributed by atoms with E-state index in [4.69, 9.17) is 4.98 Å². The van der Waals surface area contributed by atoms with Gasteiger partial charge in [0.15, 0.2) is 0 Å². The van der Waals surface area contributed by atoms with Crippen LogP contribution in [0.5, 0.6) is 0 Å². The molecule has 10 rings (SSSR count). The number of hydrogen-bond acceptors (Lipinski definition) is 2. The molecule has 0 fully saturated rings. The van der Waals surface area contributed by atoms with Crippen LogP contribution in [0.3, 0.4) is 0 Å². The van der Waals surface area contributed by atoms with Crippen LogP contribution in [0.25, 0.3) is 82.3 Å². The summed E-state index contributed by atoms with van der Waals surface area (Å²) in [5, 5.41) is 8.29. The average Bonchev–Trinajstić information content (AvgIpc) is 3.79. The van der Waals surface area contributed by atoms with Crippen LogP contribution in [0, 0.1) is 0 Å². The standard InChI is InChI=1S/C38H23N5/c1-3-11-24(12-4-1)42-30-17-9-7-15-27(30)33-32-26-19-20-39-23-29(26)38-40-21-22-41(38)35(32)34-28-16-8-10-18-31(28)43(37(34)36(33)42)25-13-5-2-6-14-25/h1-23H. The van der Waals surface area contributed by atoms with Crippen LogP contribution in [0.1, 0.15) is 0 Å². The lowest BCUT2D eigenvalue weighted by Crippen LogP contribution is -2.00. The Kier molecular flexibility index (Phi) is 4.39. The minimum Gasteiger partial charge on any atom is -0.307 e. The molecule has 0 spiro atoms. The fourth-order valence-corrected chi connectivity index (χ4v) is 7.33. The summed E-state index contributed by atoms with van der Waals surface area (Å²) >= 11 is 0. The quantitative estimate of drug-likeness (QED) is 0.202. The molecular weight excluding hydrogens is 526 g/mol. The Morgan fingerprint density at radius 2 is 1.00 bits per heavy atom. The van der Waals surface area contributed by atoms with Gasteiger partial charge in [-0.05, 0) is 47.9 Å². The molecule has 43 heavy (non-hydrogen) atoms. The highest BCUT2D eigenvalue weighted by molar-refractivity contribution is 6.40. The van der Waals surface area contributed by atoms with Crippen LogP contribution < -0.4 is 0 Å². The molecule has 0 saturated carbocycles. The van der Waals surface area contributed by atoms with Gasteiger partial charge in [-0.1, -0.05) is 72.8 Å². The van der Waals surface area contributed by atoms with Crippen molar-refractivity contribution in [2.24, 2.45) is 0 Å². The zero-order chi connectivity index (χ0) is 28.1. The third-order valence-corrected chi connectivity index (χ3v) is 8.94. The first-order valence-corrected chi connectivity index (χ1v) is 14.5. The molecule has 0 N–H and O–H groups in total. The highest BCUT2D eigenvalue weighted by Gasteiger charge is 2.27. The monoisotopic (exact) mass is 549 g/mol. The van der Waals surface area contributed by atoms with Crippen molar-refractivity contribution in [1.29, 1.82) is 0 Å². The van der Waals surface area contributed by atoms with E-state index in [2.05, 4.69) is 140 Å². The predicted octanol–water partition coefficient (Wildman–Crippen LogP) is 9.23. The Balaban J connectivity index is 1.67. The molecule has 5 heterocycles. The SMILES string of the molecule is c1ccc(-n2c3ccccc3c3c4c5ccncc5c5nccn5c4c4c5ccccc5n(-c5ccccc5)c4c32)cc1. The van der Waals surface area contributed by atoms with Gasteiger partial charge >= 0.3 is 0 Å². The highest BCUT2D eigenvalue weighted by Crippen LogP contribution is 2.48. The van der Waals surface area contributed by atoms with Gasteiger partial charge < -0.3 is 9.13 Å². The lowest BCUT2D eigenvalue weighted by molar-refractivity contribution is 1.15. The Morgan fingerprint density at radius 1 is 0.442 bits per heavy atom. The van der Waals surface area contributed by atoms with E-state index in [1.54, 1.807) is 0 Å². The summed E-state index contributed by atoms with van der Waals surface area (Å²) in [6.07, 6.45) is 7.86. The van der Waals surface area contributed by atoms with Crippen molar-refractivity contribution in [2.75, 3.05) is 0 Å². The highest BCUT2D eigenvalue weighted by atomic mass is 15.1. The molecule has 0 aliphatic heterocycles. The van der Waals surface area contributed by atoms with Crippen molar-refractivity contribution in [3.63, 3.8) is 0 Å². The van der Waals surface area contributed by atoms with Crippen LogP contribution in [-0.4, -0.2) is 23.5 Å². The number of pyridine rings is 2. The maximum atomic E-state index is 4.85. The second-order valence-corrected chi connectivity index (χ2v) is 11.1. The maximum Gasteiger partial charge on any atom is 0.146 e. The number of nitrogens with zero attached hydrogens (tertiary/aromatic N) is 5. The summed E-state index contributed by atoms with van der Waals surface area (Å²) < 4.78 is 7.18. The first-order chi connectivity index (χ1) is 21.4. The van der Waals surface area contributed by atoms with E-state index in [0.717, 1.165) is 33.3 Å². The van der Waals surface area contributed by atoms with E-state index in [0.29, 0.717) is 0 Å². The zero-order valence-corrected chi connectivity index (χ0v) is 23.0. The van der Waals surface area contributed by atoms with Crippen molar-refractivity contribution in [3.05, 3.63) is 140 Å². The fourth-order valence-electron chi connectivity index (χ4n) is 7.33. The number of para-hydroxylation sites is 4. The van der Waals surface area contributed by atoms with Crippen molar-refractivity contribution < 1.29 is 0 Å². The predicted molar refractivity (Wildman–Crippen MR) is 177 cm³/mol. The number of benzene rings is 5. The van der Waals surface area contributed by atoms with Crippen molar-refractivity contribution in [3.8, 4) is 11.4 Å². The van der Waals surface area contributed by atoms with E-state index in [1.165, 1.54) is 49.0 Å². The summed E-state index contributed by atoms with van der Waals surface area (Å²) in [5.41, 5.74) is 9.06. The Morgan fingerprint density at radius 3 is 1.67 bits per heavy atom. The topological polar surface area (TPSA) is 40.1 Å². The van der Waals surface area contributed by atoms with E-state index >= 15 is 0 Å². The first-order valence-electron chi connectivity index (χ1n) is 14.5. The molecule has 0 aliphatic rings. The van der Waals surface area contributed by atoms with E-state index < -0.39 is 0 Å². The van der Waals surface area contributed by atoms with Gasteiger partial charge in [-0.3, -0.25) is 9.38 Å². The van der Waals surface area contributed by atoms with E-state index in [1.807, 2.05) is 18.6 Å². The van der Waals surface area contributed by atoms with Crippen molar-refractivity contribution >= 4 is 70.9 Å². The summed E-state index contributed by atoms with van der Waals surface area (Å²) in [6, 6.07) is 41.2. The summed E-state index contributed by atoms with van der Waals surface area (Å²) in [5.74, 6) is 0. The van der Waals surface area contributed by atoms with Crippen LogP contribution in [0.4, 0.5) is 0 Å². The molecule has 0 unspecified atom stereocenters. The zero-order valence-electron chi connectivity index (χ0n) is 23.0. The molecule has 0 bridgehead atoms. The molecule has 200 valence electrons. The molecule has 10 aromatic rings. The minimum atomic E-state index is 0.916. The fraction of sp³-hybridized carbons (Fsp3) is 0. The van der Waals surface area contributed by atoms with Gasteiger partial charge in [0.25, 0.3) is 0 Å². The van der Waals surface area contributed by atoms with Crippen LogP contribution in [0.15, 0.2) is 140 Å². The molecule has 5 nitrogen and oxygen atoms in total. The average molecular weight is 550 g/mol. The molecule has 0 amide bonds. The molecule has 0 radical (unpaired) electrons. The van der Waals surface area contributed by atoms with Gasteiger partial charge in [-0.2, -0.15) is 0 Å². The second-order valence-electron chi connectivity index (χ2n) is 11.1. The Hall–Kier alpha value is -5.94. The number of fused-ring (bicyclic) bond motifs is 15. The van der Waals surface area contributed by atoms with Gasteiger partial charge in [0.05, 0.1) is 27.6 Å². The lowest BCUT2D eigenvalue weighted by atomic mass is 9.98. The molecule has 5 aromatic heterocycles. The molecular formula is C38H23N5. The van der Waals surface area contributed by atoms with Gasteiger partial charge in [-0.25, -0.2) is 4.98 Å². The molecule has 0 aliphatic carbocycles. The summed E-state index contributed by atoms with van der Waals surface area (Å²) in [7, 11) is 0. The van der Waals surface area contributed by atoms with Gasteiger partial charge in [0, 0.05) is 68.5 Å². The lowest BCUT2D eigenvalue weighted by Gasteiger charge is -2.15. The number of hydrogen-bond donors (Lipinski definition) is 0. The summed E-state index contributed by atoms with van der Waals surface area (Å²) in [4.78, 5) is 9.39. The Bertz CT molecular complexity index is 2710.